The standard InChI is InChI=1S/C26H35N3O4S/c1-28(2)24(23-9-4-5-10-25(23)33-3)18-27-26(30)20-13-15-29(16-14-20)34(31,32)22-12-11-19-7-6-8-21(19)17-22/h4-5,9-12,17,20,24H,6-8,13-16,18H2,1-3H3,(H,27,30). The van der Waals surface area contributed by atoms with Crippen LogP contribution in [0.15, 0.2) is 47.4 Å². The van der Waals surface area contributed by atoms with E-state index in [1.807, 2.05) is 50.5 Å². The summed E-state index contributed by atoms with van der Waals surface area (Å²) in [5.74, 6) is 0.587. The Bertz CT molecular complexity index is 1120. The van der Waals surface area contributed by atoms with Crippen molar-refractivity contribution in [3.05, 3.63) is 59.2 Å². The van der Waals surface area contributed by atoms with Crippen LogP contribution in [0.2, 0.25) is 0 Å². The first kappa shape index (κ1) is 24.7. The summed E-state index contributed by atoms with van der Waals surface area (Å²) in [4.78, 5) is 15.4. The number of ether oxygens (including phenoxy) is 1. The minimum atomic E-state index is -3.53. The number of nitrogens with one attached hydrogen (secondary N) is 1. The summed E-state index contributed by atoms with van der Waals surface area (Å²) < 4.78 is 33.4. The van der Waals surface area contributed by atoms with Crippen molar-refractivity contribution in [1.82, 2.24) is 14.5 Å². The Kier molecular flexibility index (Phi) is 7.60. The van der Waals surface area contributed by atoms with E-state index in [1.165, 1.54) is 9.87 Å². The smallest absolute Gasteiger partial charge is 0.243 e. The molecule has 2 aromatic carbocycles. The molecule has 4 rings (SSSR count). The van der Waals surface area contributed by atoms with Crippen LogP contribution >= 0.6 is 0 Å². The van der Waals surface area contributed by atoms with Gasteiger partial charge in [-0.25, -0.2) is 8.42 Å². The number of nitrogens with zero attached hydrogens (tertiary/aromatic N) is 2. The molecule has 0 bridgehead atoms. The highest BCUT2D eigenvalue weighted by atomic mass is 32.2. The van der Waals surface area contributed by atoms with E-state index in [-0.39, 0.29) is 17.9 Å². The van der Waals surface area contributed by atoms with Crippen LogP contribution in [0.4, 0.5) is 0 Å². The van der Waals surface area contributed by atoms with E-state index < -0.39 is 10.0 Å². The molecule has 34 heavy (non-hydrogen) atoms. The molecule has 1 saturated heterocycles. The number of carbonyl (C=O) groups excluding carboxylic acids is 1. The highest BCUT2D eigenvalue weighted by Gasteiger charge is 2.33. The lowest BCUT2D eigenvalue weighted by molar-refractivity contribution is -0.126. The molecule has 2 aromatic rings. The molecule has 7 nitrogen and oxygen atoms in total. The third kappa shape index (κ3) is 5.14. The molecule has 0 spiro atoms. The molecule has 1 N–H and O–H groups in total. The number of carbonyl (C=O) groups is 1. The van der Waals surface area contributed by atoms with E-state index >= 15 is 0 Å². The van der Waals surface area contributed by atoms with E-state index in [0.29, 0.717) is 37.4 Å². The van der Waals surface area contributed by atoms with E-state index in [4.69, 9.17) is 4.74 Å². The Hall–Kier alpha value is -2.42. The second kappa shape index (κ2) is 10.5. The lowest BCUT2D eigenvalue weighted by Gasteiger charge is -2.32. The summed E-state index contributed by atoms with van der Waals surface area (Å²) in [6.07, 6.45) is 4.12. The summed E-state index contributed by atoms with van der Waals surface area (Å²) in [5.41, 5.74) is 3.44. The van der Waals surface area contributed by atoms with Gasteiger partial charge in [0, 0.05) is 31.1 Å². The number of likely N-dealkylation sites (N-methyl/N-ethyl adjacent to an activating group) is 1. The lowest BCUT2D eigenvalue weighted by Crippen LogP contribution is -2.44. The minimum absolute atomic E-state index is 0.0173. The minimum Gasteiger partial charge on any atom is -0.496 e. The van der Waals surface area contributed by atoms with E-state index in [1.54, 1.807) is 13.2 Å². The predicted octanol–water partition coefficient (Wildman–Crippen LogP) is 3.00. The molecule has 8 heteroatoms. The van der Waals surface area contributed by atoms with Crippen molar-refractivity contribution in [2.45, 2.75) is 43.0 Å². The van der Waals surface area contributed by atoms with Crippen LogP contribution in [0.1, 0.15) is 42.0 Å². The van der Waals surface area contributed by atoms with Gasteiger partial charge in [-0.15, -0.1) is 0 Å². The second-order valence-electron chi connectivity index (χ2n) is 9.43. The quantitative estimate of drug-likeness (QED) is 0.622. The van der Waals surface area contributed by atoms with Gasteiger partial charge < -0.3 is 15.0 Å². The molecule has 1 atom stereocenters. The zero-order valence-electron chi connectivity index (χ0n) is 20.3. The van der Waals surface area contributed by atoms with Crippen molar-refractivity contribution in [2.75, 3.05) is 40.8 Å². The summed E-state index contributed by atoms with van der Waals surface area (Å²) in [6, 6.07) is 13.3. The van der Waals surface area contributed by atoms with Crippen molar-refractivity contribution in [2.24, 2.45) is 5.92 Å². The van der Waals surface area contributed by atoms with E-state index in [9.17, 15) is 13.2 Å². The number of fused-ring (bicyclic) bond motifs is 1. The van der Waals surface area contributed by atoms with Crippen LogP contribution in [-0.4, -0.2) is 64.4 Å². The van der Waals surface area contributed by atoms with Crippen LogP contribution in [-0.2, 0) is 27.7 Å². The number of para-hydroxylation sites is 1. The zero-order valence-corrected chi connectivity index (χ0v) is 21.1. The van der Waals surface area contributed by atoms with Gasteiger partial charge in [-0.1, -0.05) is 24.3 Å². The maximum absolute atomic E-state index is 13.2. The van der Waals surface area contributed by atoms with Gasteiger partial charge in [-0.3, -0.25) is 4.79 Å². The van der Waals surface area contributed by atoms with Gasteiger partial charge >= 0.3 is 0 Å². The molecule has 0 aromatic heterocycles. The largest absolute Gasteiger partial charge is 0.496 e. The topological polar surface area (TPSA) is 79.0 Å². The third-order valence-corrected chi connectivity index (χ3v) is 9.02. The molecular weight excluding hydrogens is 450 g/mol. The molecule has 1 aliphatic carbocycles. The number of methoxy groups -OCH3 is 1. The highest BCUT2D eigenvalue weighted by Crippen LogP contribution is 2.30. The fourth-order valence-corrected chi connectivity index (χ4v) is 6.59. The molecule has 1 amide bonds. The number of hydrogen-bond donors (Lipinski definition) is 1. The lowest BCUT2D eigenvalue weighted by atomic mass is 9.97. The first-order valence-electron chi connectivity index (χ1n) is 12.0. The number of piperidine rings is 1. The second-order valence-corrected chi connectivity index (χ2v) is 11.4. The average molecular weight is 486 g/mol. The van der Waals surface area contributed by atoms with Gasteiger partial charge in [-0.2, -0.15) is 4.31 Å². The SMILES string of the molecule is COc1ccccc1C(CNC(=O)C1CCN(S(=O)(=O)c2ccc3c(c2)CCC3)CC1)N(C)C. The van der Waals surface area contributed by atoms with Gasteiger partial charge in [0.05, 0.1) is 18.0 Å². The molecule has 0 radical (unpaired) electrons. The number of benzene rings is 2. The predicted molar refractivity (Wildman–Crippen MR) is 132 cm³/mol. The Balaban J connectivity index is 1.35. The highest BCUT2D eigenvalue weighted by molar-refractivity contribution is 7.89. The Morgan fingerprint density at radius 3 is 2.53 bits per heavy atom. The summed E-state index contributed by atoms with van der Waals surface area (Å²) in [6.45, 7) is 1.18. The fourth-order valence-electron chi connectivity index (χ4n) is 5.07. The molecule has 1 fully saturated rings. The molecule has 184 valence electrons. The maximum Gasteiger partial charge on any atom is 0.243 e. The molecule has 1 unspecified atom stereocenters. The molecular formula is C26H35N3O4S. The number of aryl methyl sites for hydroxylation is 2. The maximum atomic E-state index is 13.2. The van der Waals surface area contributed by atoms with Crippen molar-refractivity contribution in [1.29, 1.82) is 0 Å². The summed E-state index contributed by atoms with van der Waals surface area (Å²) >= 11 is 0. The van der Waals surface area contributed by atoms with E-state index in [2.05, 4.69) is 10.2 Å². The Morgan fingerprint density at radius 1 is 1.12 bits per heavy atom. The van der Waals surface area contributed by atoms with Crippen LogP contribution in [0.3, 0.4) is 0 Å². The van der Waals surface area contributed by atoms with Crippen LogP contribution < -0.4 is 10.1 Å². The third-order valence-electron chi connectivity index (χ3n) is 7.12. The van der Waals surface area contributed by atoms with Gasteiger partial charge in [-0.05, 0) is 75.5 Å². The number of hydrogen-bond acceptors (Lipinski definition) is 5. The van der Waals surface area contributed by atoms with E-state index in [0.717, 1.165) is 36.1 Å². The fraction of sp³-hybridized carbons (Fsp3) is 0.500. The molecule has 2 aliphatic rings. The average Bonchev–Trinajstić information content (AvgIpc) is 3.32. The van der Waals surface area contributed by atoms with Gasteiger partial charge in [0.2, 0.25) is 15.9 Å². The number of amides is 1. The number of sulfonamides is 1. The van der Waals surface area contributed by atoms with Crippen molar-refractivity contribution in [3.63, 3.8) is 0 Å². The Labute approximate surface area is 203 Å². The van der Waals surface area contributed by atoms with Gasteiger partial charge in [0.1, 0.15) is 5.75 Å². The molecule has 1 heterocycles. The first-order chi connectivity index (χ1) is 16.3. The van der Waals surface area contributed by atoms with Crippen LogP contribution in [0.25, 0.3) is 0 Å². The summed E-state index contributed by atoms with van der Waals surface area (Å²) in [7, 11) is 2.07. The van der Waals surface area contributed by atoms with Crippen LogP contribution in [0, 0.1) is 5.92 Å². The van der Waals surface area contributed by atoms with Crippen molar-refractivity contribution >= 4 is 15.9 Å². The van der Waals surface area contributed by atoms with Crippen molar-refractivity contribution in [3.8, 4) is 5.75 Å². The zero-order chi connectivity index (χ0) is 24.3. The first-order valence-corrected chi connectivity index (χ1v) is 13.4. The van der Waals surface area contributed by atoms with Gasteiger partial charge in [0.25, 0.3) is 0 Å². The molecule has 0 saturated carbocycles. The van der Waals surface area contributed by atoms with Gasteiger partial charge in [0.15, 0.2) is 0 Å². The summed E-state index contributed by atoms with van der Waals surface area (Å²) in [5, 5.41) is 3.09. The number of rotatable bonds is 8. The van der Waals surface area contributed by atoms with Crippen LogP contribution in [0.5, 0.6) is 5.75 Å². The normalized spacial score (nSPS) is 18.0. The molecule has 1 aliphatic heterocycles. The Morgan fingerprint density at radius 2 is 1.82 bits per heavy atom. The van der Waals surface area contributed by atoms with Crippen molar-refractivity contribution < 1.29 is 17.9 Å². The monoisotopic (exact) mass is 485 g/mol.